The molecule has 1 heterocycles. The van der Waals surface area contributed by atoms with Crippen molar-refractivity contribution in [3.05, 3.63) is 81.5 Å². The topological polar surface area (TPSA) is 72.9 Å². The molecule has 2 aromatic rings. The lowest BCUT2D eigenvalue weighted by atomic mass is 10.0. The summed E-state index contributed by atoms with van der Waals surface area (Å²) in [6.07, 6.45) is 1.63. The summed E-state index contributed by atoms with van der Waals surface area (Å²) in [5.74, 6) is -1.42. The van der Waals surface area contributed by atoms with Crippen molar-refractivity contribution in [2.45, 2.75) is 13.8 Å². The summed E-state index contributed by atoms with van der Waals surface area (Å²) < 4.78 is 9.88. The number of methoxy groups -OCH3 is 1. The fourth-order valence-electron chi connectivity index (χ4n) is 3.18. The molecule has 0 atom stereocenters. The standard InChI is InChI=1S/C23H20ClNO5/c1-4-30-22(27)16-7-11-18(12-8-16)25-14(2)20(23(28)29-3)19(21(25)26)13-15-5-9-17(24)10-6-15/h5-13H,4H2,1-3H3/b19-13+. The van der Waals surface area contributed by atoms with Gasteiger partial charge in [0.1, 0.15) is 0 Å². The Morgan fingerprint density at radius 1 is 1.03 bits per heavy atom. The van der Waals surface area contributed by atoms with Crippen molar-refractivity contribution >= 4 is 41.2 Å². The minimum atomic E-state index is -0.605. The Kier molecular flexibility index (Phi) is 6.37. The highest BCUT2D eigenvalue weighted by Crippen LogP contribution is 2.35. The van der Waals surface area contributed by atoms with Gasteiger partial charge in [-0.3, -0.25) is 9.69 Å². The molecule has 6 nitrogen and oxygen atoms in total. The summed E-state index contributed by atoms with van der Waals surface area (Å²) in [4.78, 5) is 39.0. The number of hydrogen-bond acceptors (Lipinski definition) is 5. The number of hydrogen-bond donors (Lipinski definition) is 0. The zero-order valence-electron chi connectivity index (χ0n) is 16.8. The SMILES string of the molecule is CCOC(=O)c1ccc(N2C(=O)/C(=C/c3ccc(Cl)cc3)C(C(=O)OC)=C2C)cc1. The number of rotatable bonds is 5. The Balaban J connectivity index is 2.03. The molecule has 0 saturated carbocycles. The highest BCUT2D eigenvalue weighted by atomic mass is 35.5. The van der Waals surface area contributed by atoms with Crippen LogP contribution in [0.15, 0.2) is 65.4 Å². The van der Waals surface area contributed by atoms with Crippen molar-refractivity contribution < 1.29 is 23.9 Å². The minimum Gasteiger partial charge on any atom is -0.465 e. The van der Waals surface area contributed by atoms with Crippen LogP contribution >= 0.6 is 11.6 Å². The van der Waals surface area contributed by atoms with Gasteiger partial charge in [0.25, 0.3) is 5.91 Å². The number of nitrogens with zero attached hydrogens (tertiary/aromatic N) is 1. The summed E-state index contributed by atoms with van der Waals surface area (Å²) >= 11 is 5.93. The summed E-state index contributed by atoms with van der Waals surface area (Å²) in [6.45, 7) is 3.67. The number of esters is 2. The van der Waals surface area contributed by atoms with Crippen molar-refractivity contribution in [3.63, 3.8) is 0 Å². The molecule has 0 saturated heterocycles. The van der Waals surface area contributed by atoms with Gasteiger partial charge in [0.05, 0.1) is 30.4 Å². The van der Waals surface area contributed by atoms with E-state index in [1.807, 2.05) is 0 Å². The van der Waals surface area contributed by atoms with Crippen LogP contribution in [0.25, 0.3) is 6.08 Å². The van der Waals surface area contributed by atoms with Crippen LogP contribution in [0.1, 0.15) is 29.8 Å². The van der Waals surface area contributed by atoms with Crippen LogP contribution in [0, 0.1) is 0 Å². The summed E-state index contributed by atoms with van der Waals surface area (Å²) in [5, 5.41) is 0.568. The molecule has 0 aromatic heterocycles. The second-order valence-electron chi connectivity index (χ2n) is 6.47. The molecule has 0 bridgehead atoms. The fraction of sp³-hybridized carbons (Fsp3) is 0.174. The van der Waals surface area contributed by atoms with E-state index in [0.717, 1.165) is 5.56 Å². The number of amides is 1. The molecule has 1 aliphatic heterocycles. The van der Waals surface area contributed by atoms with Crippen molar-refractivity contribution in [2.75, 3.05) is 18.6 Å². The Hall–Kier alpha value is -3.38. The largest absolute Gasteiger partial charge is 0.465 e. The second-order valence-corrected chi connectivity index (χ2v) is 6.91. The van der Waals surface area contributed by atoms with Crippen molar-refractivity contribution in [3.8, 4) is 0 Å². The summed E-state index contributed by atoms with van der Waals surface area (Å²) in [6, 6.07) is 13.3. The maximum atomic E-state index is 13.2. The molecular formula is C23H20ClNO5. The van der Waals surface area contributed by atoms with Gasteiger partial charge in [-0.25, -0.2) is 9.59 Å². The summed E-state index contributed by atoms with van der Waals surface area (Å²) in [7, 11) is 1.27. The first kappa shape index (κ1) is 21.3. The number of carbonyl (C=O) groups excluding carboxylic acids is 3. The molecule has 7 heteroatoms. The van der Waals surface area contributed by atoms with Gasteiger partial charge in [0.2, 0.25) is 0 Å². The van der Waals surface area contributed by atoms with Crippen LogP contribution in [0.5, 0.6) is 0 Å². The van der Waals surface area contributed by atoms with E-state index < -0.39 is 11.9 Å². The molecule has 0 unspecified atom stereocenters. The third-order valence-electron chi connectivity index (χ3n) is 4.61. The average molecular weight is 426 g/mol. The molecule has 154 valence electrons. The highest BCUT2D eigenvalue weighted by Gasteiger charge is 2.37. The van der Waals surface area contributed by atoms with Crippen LogP contribution in [0.2, 0.25) is 5.02 Å². The van der Waals surface area contributed by atoms with E-state index in [-0.39, 0.29) is 23.7 Å². The van der Waals surface area contributed by atoms with Crippen LogP contribution in [-0.4, -0.2) is 31.6 Å². The number of halogens is 1. The molecular weight excluding hydrogens is 406 g/mol. The molecule has 30 heavy (non-hydrogen) atoms. The van der Waals surface area contributed by atoms with Gasteiger partial charge in [-0.1, -0.05) is 23.7 Å². The van der Waals surface area contributed by atoms with Gasteiger partial charge in [-0.2, -0.15) is 0 Å². The monoisotopic (exact) mass is 425 g/mol. The Morgan fingerprint density at radius 3 is 2.23 bits per heavy atom. The average Bonchev–Trinajstić information content (AvgIpc) is 2.99. The zero-order chi connectivity index (χ0) is 21.8. The molecule has 1 amide bonds. The maximum Gasteiger partial charge on any atom is 0.340 e. The summed E-state index contributed by atoms with van der Waals surface area (Å²) in [5.41, 5.74) is 2.46. The number of benzene rings is 2. The fourth-order valence-corrected chi connectivity index (χ4v) is 3.30. The molecule has 2 aromatic carbocycles. The van der Waals surface area contributed by atoms with Crippen LogP contribution in [0.3, 0.4) is 0 Å². The lowest BCUT2D eigenvalue weighted by Crippen LogP contribution is -2.24. The number of allylic oxidation sites excluding steroid dienone is 1. The maximum absolute atomic E-state index is 13.2. The second kappa shape index (κ2) is 8.97. The molecule has 0 radical (unpaired) electrons. The first-order valence-electron chi connectivity index (χ1n) is 9.25. The van der Waals surface area contributed by atoms with E-state index in [4.69, 9.17) is 21.1 Å². The van der Waals surface area contributed by atoms with Gasteiger partial charge >= 0.3 is 11.9 Å². The number of anilines is 1. The minimum absolute atomic E-state index is 0.187. The van der Waals surface area contributed by atoms with Gasteiger partial charge in [-0.05, 0) is 61.9 Å². The molecule has 1 aliphatic rings. The van der Waals surface area contributed by atoms with Crippen LogP contribution in [-0.2, 0) is 19.1 Å². The van der Waals surface area contributed by atoms with Gasteiger partial charge in [0.15, 0.2) is 0 Å². The first-order chi connectivity index (χ1) is 14.4. The smallest absolute Gasteiger partial charge is 0.340 e. The van der Waals surface area contributed by atoms with Crippen molar-refractivity contribution in [2.24, 2.45) is 0 Å². The predicted octanol–water partition coefficient (Wildman–Crippen LogP) is 4.39. The number of ether oxygens (including phenoxy) is 2. The third-order valence-corrected chi connectivity index (χ3v) is 4.86. The van der Waals surface area contributed by atoms with Gasteiger partial charge in [-0.15, -0.1) is 0 Å². The number of carbonyl (C=O) groups is 3. The third kappa shape index (κ3) is 4.14. The molecule has 0 fully saturated rings. The van der Waals surface area contributed by atoms with E-state index in [0.29, 0.717) is 22.0 Å². The lowest BCUT2D eigenvalue weighted by Gasteiger charge is -2.18. The quantitative estimate of drug-likeness (QED) is 0.524. The van der Waals surface area contributed by atoms with Crippen molar-refractivity contribution in [1.82, 2.24) is 0 Å². The van der Waals surface area contributed by atoms with E-state index >= 15 is 0 Å². The highest BCUT2D eigenvalue weighted by molar-refractivity contribution is 6.30. The molecule has 0 spiro atoms. The Labute approximate surface area is 179 Å². The lowest BCUT2D eigenvalue weighted by molar-refractivity contribution is -0.136. The molecule has 0 N–H and O–H groups in total. The van der Waals surface area contributed by atoms with E-state index in [2.05, 4.69) is 0 Å². The normalized spacial score (nSPS) is 15.0. The van der Waals surface area contributed by atoms with E-state index in [9.17, 15) is 14.4 Å². The Morgan fingerprint density at radius 2 is 1.67 bits per heavy atom. The van der Waals surface area contributed by atoms with E-state index in [1.54, 1.807) is 68.5 Å². The first-order valence-corrected chi connectivity index (χ1v) is 9.63. The predicted molar refractivity (Wildman–Crippen MR) is 114 cm³/mol. The van der Waals surface area contributed by atoms with Crippen LogP contribution < -0.4 is 4.90 Å². The molecule has 0 aliphatic carbocycles. The Bertz CT molecular complexity index is 1050. The van der Waals surface area contributed by atoms with Gasteiger partial charge < -0.3 is 9.47 Å². The zero-order valence-corrected chi connectivity index (χ0v) is 17.5. The molecule has 3 rings (SSSR count). The van der Waals surface area contributed by atoms with E-state index in [1.165, 1.54) is 12.0 Å². The van der Waals surface area contributed by atoms with Crippen LogP contribution in [0.4, 0.5) is 5.69 Å². The van der Waals surface area contributed by atoms with Crippen molar-refractivity contribution in [1.29, 1.82) is 0 Å². The van der Waals surface area contributed by atoms with Gasteiger partial charge in [0, 0.05) is 16.4 Å².